The van der Waals surface area contributed by atoms with Crippen LogP contribution in [0.25, 0.3) is 11.1 Å². The van der Waals surface area contributed by atoms with E-state index in [2.05, 4.69) is 0 Å². The van der Waals surface area contributed by atoms with Crippen molar-refractivity contribution in [3.05, 3.63) is 65.5 Å². The summed E-state index contributed by atoms with van der Waals surface area (Å²) >= 11 is 5.52. The maximum absolute atomic E-state index is 12.9. The van der Waals surface area contributed by atoms with Gasteiger partial charge in [-0.3, -0.25) is 0 Å². The minimum Gasteiger partial charge on any atom is -0.166 e. The SMILES string of the molecule is FC(F)(F)c1ccccc1-c1ccc([CH]Cl)cc1. The van der Waals surface area contributed by atoms with E-state index in [9.17, 15) is 13.2 Å². The number of rotatable bonds is 2. The third kappa shape index (κ3) is 2.67. The van der Waals surface area contributed by atoms with Crippen LogP contribution in [0.1, 0.15) is 11.1 Å². The van der Waals surface area contributed by atoms with E-state index in [1.54, 1.807) is 30.3 Å². The molecule has 4 heteroatoms. The zero-order chi connectivity index (χ0) is 13.2. The van der Waals surface area contributed by atoms with Crippen LogP contribution in [-0.2, 0) is 6.18 Å². The quantitative estimate of drug-likeness (QED) is 0.710. The minimum absolute atomic E-state index is 0.172. The van der Waals surface area contributed by atoms with Crippen molar-refractivity contribution >= 4 is 11.6 Å². The van der Waals surface area contributed by atoms with Crippen molar-refractivity contribution in [2.45, 2.75) is 6.18 Å². The van der Waals surface area contributed by atoms with Crippen molar-refractivity contribution in [2.24, 2.45) is 0 Å². The zero-order valence-corrected chi connectivity index (χ0v) is 9.96. The molecule has 18 heavy (non-hydrogen) atoms. The molecule has 0 aliphatic heterocycles. The van der Waals surface area contributed by atoms with Crippen molar-refractivity contribution in [3.63, 3.8) is 0 Å². The highest BCUT2D eigenvalue weighted by atomic mass is 35.5. The fourth-order valence-corrected chi connectivity index (χ4v) is 1.86. The summed E-state index contributed by atoms with van der Waals surface area (Å²) in [5.41, 5.74) is 0.814. The molecule has 0 spiro atoms. The second-order valence-electron chi connectivity index (χ2n) is 3.77. The molecule has 0 bridgehead atoms. The van der Waals surface area contributed by atoms with E-state index in [0.717, 1.165) is 11.6 Å². The average molecular weight is 270 g/mol. The maximum Gasteiger partial charge on any atom is 0.417 e. The van der Waals surface area contributed by atoms with E-state index in [1.165, 1.54) is 18.0 Å². The predicted octanol–water partition coefficient (Wildman–Crippen LogP) is 5.12. The normalized spacial score (nSPS) is 11.6. The van der Waals surface area contributed by atoms with Gasteiger partial charge in [0.15, 0.2) is 0 Å². The molecule has 0 amide bonds. The minimum atomic E-state index is -4.35. The Hall–Kier alpha value is -1.48. The fraction of sp³-hybridized carbons (Fsp3) is 0.0714. The Kier molecular flexibility index (Phi) is 3.62. The number of hydrogen-bond donors (Lipinski definition) is 0. The topological polar surface area (TPSA) is 0 Å². The fourth-order valence-electron chi connectivity index (χ4n) is 1.72. The molecular formula is C14H9ClF3. The maximum atomic E-state index is 12.9. The molecular weight excluding hydrogens is 261 g/mol. The van der Waals surface area contributed by atoms with Crippen LogP contribution in [-0.4, -0.2) is 0 Å². The Bertz CT molecular complexity index is 529. The Balaban J connectivity index is 2.50. The Labute approximate surface area is 108 Å². The van der Waals surface area contributed by atoms with Gasteiger partial charge in [0.1, 0.15) is 0 Å². The third-order valence-corrected chi connectivity index (χ3v) is 2.83. The highest BCUT2D eigenvalue weighted by molar-refractivity contribution is 6.25. The van der Waals surface area contributed by atoms with Crippen molar-refractivity contribution in [3.8, 4) is 11.1 Å². The van der Waals surface area contributed by atoms with Crippen LogP contribution in [0.15, 0.2) is 48.5 Å². The van der Waals surface area contributed by atoms with Gasteiger partial charge < -0.3 is 0 Å². The summed E-state index contributed by atoms with van der Waals surface area (Å²) in [7, 11) is 0. The van der Waals surface area contributed by atoms with Gasteiger partial charge in [0.2, 0.25) is 0 Å². The van der Waals surface area contributed by atoms with E-state index in [1.807, 2.05) is 0 Å². The molecule has 0 aliphatic rings. The third-order valence-electron chi connectivity index (χ3n) is 2.58. The molecule has 1 radical (unpaired) electrons. The Morgan fingerprint density at radius 3 is 2.06 bits per heavy atom. The molecule has 0 N–H and O–H groups in total. The van der Waals surface area contributed by atoms with Crippen molar-refractivity contribution in [1.29, 1.82) is 0 Å². The summed E-state index contributed by atoms with van der Waals surface area (Å²) in [5.74, 6) is 1.37. The average Bonchev–Trinajstić information content (AvgIpc) is 2.38. The molecule has 0 nitrogen and oxygen atoms in total. The van der Waals surface area contributed by atoms with Crippen molar-refractivity contribution < 1.29 is 13.2 Å². The highest BCUT2D eigenvalue weighted by Crippen LogP contribution is 2.36. The molecule has 0 fully saturated rings. The summed E-state index contributed by atoms with van der Waals surface area (Å²) in [6.07, 6.45) is -4.35. The summed E-state index contributed by atoms with van der Waals surface area (Å²) in [4.78, 5) is 0. The smallest absolute Gasteiger partial charge is 0.166 e. The number of halogens is 4. The lowest BCUT2D eigenvalue weighted by atomic mass is 9.98. The van der Waals surface area contributed by atoms with Gasteiger partial charge >= 0.3 is 6.18 Å². The first-order valence-corrected chi connectivity index (χ1v) is 5.66. The van der Waals surface area contributed by atoms with Gasteiger partial charge in [0.05, 0.1) is 11.4 Å². The lowest BCUT2D eigenvalue weighted by Gasteiger charge is -2.12. The van der Waals surface area contributed by atoms with E-state index < -0.39 is 11.7 Å². The number of hydrogen-bond acceptors (Lipinski definition) is 0. The first-order valence-electron chi connectivity index (χ1n) is 5.22. The molecule has 0 saturated heterocycles. The van der Waals surface area contributed by atoms with Crippen molar-refractivity contribution in [1.82, 2.24) is 0 Å². The van der Waals surface area contributed by atoms with Crippen molar-refractivity contribution in [2.75, 3.05) is 0 Å². The Morgan fingerprint density at radius 1 is 0.889 bits per heavy atom. The van der Waals surface area contributed by atoms with Gasteiger partial charge in [-0.15, -0.1) is 11.6 Å². The second kappa shape index (κ2) is 5.02. The monoisotopic (exact) mass is 269 g/mol. The number of benzene rings is 2. The summed E-state index contributed by atoms with van der Waals surface area (Å²) in [5, 5.41) is 0. The highest BCUT2D eigenvalue weighted by Gasteiger charge is 2.33. The molecule has 2 aromatic carbocycles. The van der Waals surface area contributed by atoms with Gasteiger partial charge in [-0.2, -0.15) is 13.2 Å². The van der Waals surface area contributed by atoms with Crippen LogP contribution < -0.4 is 0 Å². The van der Waals surface area contributed by atoms with Gasteiger partial charge in [0, 0.05) is 0 Å². The number of alkyl halides is 3. The van der Waals surface area contributed by atoms with Crippen LogP contribution in [0, 0.1) is 5.88 Å². The Morgan fingerprint density at radius 2 is 1.50 bits per heavy atom. The molecule has 2 aromatic rings. The molecule has 93 valence electrons. The molecule has 2 rings (SSSR count). The largest absolute Gasteiger partial charge is 0.417 e. The van der Waals surface area contributed by atoms with Crippen LogP contribution in [0.3, 0.4) is 0 Å². The lowest BCUT2D eigenvalue weighted by Crippen LogP contribution is -2.06. The van der Waals surface area contributed by atoms with Crippen LogP contribution in [0.2, 0.25) is 0 Å². The first-order chi connectivity index (χ1) is 8.52. The van der Waals surface area contributed by atoms with Gasteiger partial charge in [-0.1, -0.05) is 42.5 Å². The van der Waals surface area contributed by atoms with Crippen LogP contribution in [0.5, 0.6) is 0 Å². The second-order valence-corrected chi connectivity index (χ2v) is 3.99. The summed E-state index contributed by atoms with van der Waals surface area (Å²) in [6.45, 7) is 0. The predicted molar refractivity (Wildman–Crippen MR) is 66.1 cm³/mol. The van der Waals surface area contributed by atoms with Crippen LogP contribution >= 0.6 is 11.6 Å². The van der Waals surface area contributed by atoms with Gasteiger partial charge in [-0.25, -0.2) is 0 Å². The molecule has 0 aliphatic carbocycles. The summed E-state index contributed by atoms with van der Waals surface area (Å²) < 4.78 is 38.6. The molecule has 0 aromatic heterocycles. The molecule has 0 atom stereocenters. The van der Waals surface area contributed by atoms with E-state index in [4.69, 9.17) is 11.6 Å². The lowest BCUT2D eigenvalue weighted by molar-refractivity contribution is -0.137. The van der Waals surface area contributed by atoms with Gasteiger partial charge in [0.25, 0.3) is 0 Å². The molecule has 0 saturated carbocycles. The zero-order valence-electron chi connectivity index (χ0n) is 9.21. The first kappa shape index (κ1) is 13.0. The summed E-state index contributed by atoms with van der Waals surface area (Å²) in [6, 6.07) is 12.1. The van der Waals surface area contributed by atoms with Gasteiger partial charge in [-0.05, 0) is 22.8 Å². The van der Waals surface area contributed by atoms with Crippen LogP contribution in [0.4, 0.5) is 13.2 Å². The standard InChI is InChI=1S/C14H9ClF3/c15-9-10-5-7-11(8-6-10)12-3-1-2-4-13(12)14(16,17)18/h1-9H. The molecule has 0 unspecified atom stereocenters. The molecule has 0 heterocycles. The van der Waals surface area contributed by atoms with E-state index in [-0.39, 0.29) is 5.56 Å². The van der Waals surface area contributed by atoms with E-state index in [0.29, 0.717) is 5.56 Å². The van der Waals surface area contributed by atoms with E-state index >= 15 is 0 Å².